The average Bonchev–Trinajstić information content (AvgIpc) is 2.94. The zero-order valence-electron chi connectivity index (χ0n) is 11.3. The molecule has 0 bridgehead atoms. The number of aryl methyl sites for hydroxylation is 2. The van der Waals surface area contributed by atoms with Crippen LogP contribution in [-0.2, 0) is 13.6 Å². The molecule has 0 aliphatic carbocycles. The van der Waals surface area contributed by atoms with Crippen LogP contribution in [0.5, 0.6) is 0 Å². The zero-order valence-corrected chi connectivity index (χ0v) is 12.1. The molecule has 2 aromatic heterocycles. The summed E-state index contributed by atoms with van der Waals surface area (Å²) in [6.45, 7) is 2.26. The van der Waals surface area contributed by atoms with Gasteiger partial charge in [-0.05, 0) is 30.5 Å². The number of aromatic nitrogens is 2. The molecule has 3 aromatic rings. The van der Waals surface area contributed by atoms with Crippen molar-refractivity contribution in [1.29, 1.82) is 0 Å². The molecule has 2 heterocycles. The first-order valence-electron chi connectivity index (χ1n) is 6.30. The van der Waals surface area contributed by atoms with Gasteiger partial charge in [-0.2, -0.15) is 0 Å². The third-order valence-corrected chi connectivity index (χ3v) is 4.26. The maximum atomic E-state index is 12.5. The fourth-order valence-electron chi connectivity index (χ4n) is 2.33. The fraction of sp³-hybridized carbons (Fsp3) is 0.200. The van der Waals surface area contributed by atoms with Crippen LogP contribution in [0.25, 0.3) is 10.9 Å². The predicted molar refractivity (Wildman–Crippen MR) is 81.6 cm³/mol. The van der Waals surface area contributed by atoms with Crippen LogP contribution >= 0.6 is 11.3 Å². The van der Waals surface area contributed by atoms with Crippen molar-refractivity contribution in [2.45, 2.75) is 13.5 Å². The minimum atomic E-state index is -0.278. The molecule has 0 atom stereocenters. The molecule has 5 heteroatoms. The van der Waals surface area contributed by atoms with Gasteiger partial charge in [0, 0.05) is 11.9 Å². The van der Waals surface area contributed by atoms with E-state index in [9.17, 15) is 9.59 Å². The van der Waals surface area contributed by atoms with Gasteiger partial charge < -0.3 is 0 Å². The van der Waals surface area contributed by atoms with E-state index in [2.05, 4.69) is 0 Å². The Morgan fingerprint density at radius 2 is 2.00 bits per heavy atom. The van der Waals surface area contributed by atoms with Crippen LogP contribution < -0.4 is 11.2 Å². The lowest BCUT2D eigenvalue weighted by molar-refractivity contribution is 0.666. The van der Waals surface area contributed by atoms with Crippen LogP contribution in [0, 0.1) is 6.92 Å². The van der Waals surface area contributed by atoms with Crippen LogP contribution in [0.3, 0.4) is 0 Å². The van der Waals surface area contributed by atoms with Gasteiger partial charge in [0.1, 0.15) is 0 Å². The number of hydrogen-bond acceptors (Lipinski definition) is 3. The molecule has 0 fully saturated rings. The number of thiophene rings is 1. The van der Waals surface area contributed by atoms with E-state index in [4.69, 9.17) is 0 Å². The van der Waals surface area contributed by atoms with E-state index in [0.717, 1.165) is 10.4 Å². The number of hydrogen-bond donors (Lipinski definition) is 0. The Labute approximate surface area is 119 Å². The average molecular weight is 286 g/mol. The van der Waals surface area contributed by atoms with Crippen molar-refractivity contribution in [2.24, 2.45) is 7.05 Å². The van der Waals surface area contributed by atoms with E-state index in [-0.39, 0.29) is 11.2 Å². The third kappa shape index (κ3) is 2.00. The highest BCUT2D eigenvalue weighted by Crippen LogP contribution is 2.12. The third-order valence-electron chi connectivity index (χ3n) is 3.40. The fourth-order valence-corrected chi connectivity index (χ4v) is 3.02. The summed E-state index contributed by atoms with van der Waals surface area (Å²) in [6.07, 6.45) is 0. The molecule has 102 valence electrons. The van der Waals surface area contributed by atoms with Gasteiger partial charge in [-0.1, -0.05) is 17.7 Å². The molecule has 1 aromatic carbocycles. The molecular formula is C15H14N2O2S. The van der Waals surface area contributed by atoms with Gasteiger partial charge >= 0.3 is 5.69 Å². The van der Waals surface area contributed by atoms with Gasteiger partial charge in [0.15, 0.2) is 0 Å². The predicted octanol–water partition coefficient (Wildman–Crippen LogP) is 2.12. The number of fused-ring (bicyclic) bond motifs is 1. The van der Waals surface area contributed by atoms with Crippen molar-refractivity contribution >= 4 is 22.2 Å². The molecule has 0 unspecified atom stereocenters. The van der Waals surface area contributed by atoms with Crippen molar-refractivity contribution in [3.8, 4) is 0 Å². The summed E-state index contributed by atoms with van der Waals surface area (Å²) in [4.78, 5) is 25.9. The van der Waals surface area contributed by atoms with Crippen LogP contribution in [-0.4, -0.2) is 9.13 Å². The molecule has 3 rings (SSSR count). The Hall–Kier alpha value is -2.14. The molecule has 0 N–H and O–H groups in total. The maximum Gasteiger partial charge on any atom is 0.331 e. The van der Waals surface area contributed by atoms with Crippen molar-refractivity contribution < 1.29 is 0 Å². The van der Waals surface area contributed by atoms with Gasteiger partial charge in [-0.25, -0.2) is 4.79 Å². The van der Waals surface area contributed by atoms with Crippen molar-refractivity contribution in [2.75, 3.05) is 0 Å². The topological polar surface area (TPSA) is 44.0 Å². The first kappa shape index (κ1) is 12.9. The van der Waals surface area contributed by atoms with E-state index in [1.165, 1.54) is 9.13 Å². The van der Waals surface area contributed by atoms with E-state index in [1.54, 1.807) is 18.4 Å². The molecule has 0 spiro atoms. The standard InChI is InChI=1S/C15H14N2O2S/c1-10-5-6-13-12(8-10)14(18)17(15(19)16(13)2)9-11-4-3-7-20-11/h3-8H,9H2,1-2H3. The number of rotatable bonds is 2. The van der Waals surface area contributed by atoms with Crippen molar-refractivity contribution in [3.63, 3.8) is 0 Å². The molecule has 0 aliphatic rings. The lowest BCUT2D eigenvalue weighted by Gasteiger charge is -2.10. The molecule has 20 heavy (non-hydrogen) atoms. The second-order valence-electron chi connectivity index (χ2n) is 4.83. The maximum absolute atomic E-state index is 12.5. The first-order chi connectivity index (χ1) is 9.58. The lowest BCUT2D eigenvalue weighted by atomic mass is 10.1. The lowest BCUT2D eigenvalue weighted by Crippen LogP contribution is -2.39. The summed E-state index contributed by atoms with van der Waals surface area (Å²) in [5.41, 5.74) is 1.18. The Morgan fingerprint density at radius 1 is 1.20 bits per heavy atom. The van der Waals surface area contributed by atoms with Crippen LogP contribution in [0.2, 0.25) is 0 Å². The second kappa shape index (κ2) is 4.76. The molecule has 0 saturated heterocycles. The second-order valence-corrected chi connectivity index (χ2v) is 5.87. The van der Waals surface area contributed by atoms with E-state index >= 15 is 0 Å². The highest BCUT2D eigenvalue weighted by Gasteiger charge is 2.11. The quantitative estimate of drug-likeness (QED) is 0.724. The Balaban J connectivity index is 2.32. The van der Waals surface area contributed by atoms with Gasteiger partial charge in [-0.15, -0.1) is 11.3 Å². The number of benzene rings is 1. The van der Waals surface area contributed by atoms with Crippen LogP contribution in [0.4, 0.5) is 0 Å². The number of nitrogens with zero attached hydrogens (tertiary/aromatic N) is 2. The highest BCUT2D eigenvalue weighted by atomic mass is 32.1. The molecule has 4 nitrogen and oxygen atoms in total. The summed E-state index contributed by atoms with van der Waals surface area (Å²) in [5.74, 6) is 0. The summed E-state index contributed by atoms with van der Waals surface area (Å²) in [6, 6.07) is 9.41. The monoisotopic (exact) mass is 286 g/mol. The smallest absolute Gasteiger partial charge is 0.296 e. The van der Waals surface area contributed by atoms with Crippen molar-refractivity contribution in [3.05, 3.63) is 67.0 Å². The summed E-state index contributed by atoms with van der Waals surface area (Å²) < 4.78 is 2.83. The first-order valence-corrected chi connectivity index (χ1v) is 7.18. The molecular weight excluding hydrogens is 272 g/mol. The van der Waals surface area contributed by atoms with Crippen LogP contribution in [0.15, 0.2) is 45.3 Å². The molecule has 0 amide bonds. The molecule has 0 radical (unpaired) electrons. The largest absolute Gasteiger partial charge is 0.331 e. The van der Waals surface area contributed by atoms with E-state index < -0.39 is 0 Å². The molecule has 0 aliphatic heterocycles. The van der Waals surface area contributed by atoms with Gasteiger partial charge in [0.05, 0.1) is 17.4 Å². The van der Waals surface area contributed by atoms with E-state index in [0.29, 0.717) is 17.4 Å². The molecule has 0 saturated carbocycles. The highest BCUT2D eigenvalue weighted by molar-refractivity contribution is 7.09. The van der Waals surface area contributed by atoms with Crippen LogP contribution in [0.1, 0.15) is 10.4 Å². The minimum absolute atomic E-state index is 0.222. The minimum Gasteiger partial charge on any atom is -0.296 e. The van der Waals surface area contributed by atoms with Gasteiger partial charge in [0.2, 0.25) is 0 Å². The Kier molecular flexibility index (Phi) is 3.06. The Morgan fingerprint density at radius 3 is 2.70 bits per heavy atom. The summed E-state index contributed by atoms with van der Waals surface area (Å²) >= 11 is 1.54. The normalized spacial score (nSPS) is 11.1. The summed E-state index contributed by atoms with van der Waals surface area (Å²) in [7, 11) is 1.70. The SMILES string of the molecule is Cc1ccc2c(c1)c(=O)n(Cc1cccs1)c(=O)n2C. The van der Waals surface area contributed by atoms with Gasteiger partial charge in [0.25, 0.3) is 5.56 Å². The van der Waals surface area contributed by atoms with Gasteiger partial charge in [-0.3, -0.25) is 13.9 Å². The van der Waals surface area contributed by atoms with E-state index in [1.807, 2.05) is 42.6 Å². The Bertz CT molecular complexity index is 889. The summed E-state index contributed by atoms with van der Waals surface area (Å²) in [5, 5.41) is 2.53. The zero-order chi connectivity index (χ0) is 14.3. The van der Waals surface area contributed by atoms with Crippen molar-refractivity contribution in [1.82, 2.24) is 9.13 Å².